The Balaban J connectivity index is 0.00000134. The van der Waals surface area contributed by atoms with Crippen LogP contribution in [-0.2, 0) is 17.9 Å². The van der Waals surface area contributed by atoms with Gasteiger partial charge in [-0.25, -0.2) is 4.98 Å². The number of aromatic nitrogens is 1. The highest BCUT2D eigenvalue weighted by Gasteiger charge is 2.30. The predicted molar refractivity (Wildman–Crippen MR) is 160 cm³/mol. The number of fused-ring (bicyclic) bond motifs is 1. The minimum atomic E-state index is -0.328. The first-order chi connectivity index (χ1) is 18.5. The molecule has 0 amide bonds. The van der Waals surface area contributed by atoms with Crippen molar-refractivity contribution in [3.05, 3.63) is 81.5 Å². The number of rotatable bonds is 7. The number of aryl methyl sites for hydroxylation is 1. The molecule has 0 spiro atoms. The van der Waals surface area contributed by atoms with Crippen molar-refractivity contribution in [2.24, 2.45) is 5.92 Å². The van der Waals surface area contributed by atoms with Crippen LogP contribution in [0.5, 0.6) is 5.88 Å². The fourth-order valence-electron chi connectivity index (χ4n) is 5.29. The zero-order chi connectivity index (χ0) is 28.7. The normalized spacial score (nSPS) is 15.3. The summed E-state index contributed by atoms with van der Waals surface area (Å²) in [5.74, 6) is 1.23. The molecule has 8 heteroatoms. The van der Waals surface area contributed by atoms with Crippen LogP contribution in [0.4, 0.5) is 11.4 Å². The molecule has 0 saturated heterocycles. The first-order valence-electron chi connectivity index (χ1n) is 13.4. The molecular formula is C31H41ClN4O3. The second-order valence-corrected chi connectivity index (χ2v) is 11.3. The third kappa shape index (κ3) is 7.43. The predicted octanol–water partition coefficient (Wildman–Crippen LogP) is 6.72. The molecule has 2 heterocycles. The number of nitrogens with zero attached hydrogens (tertiary/aromatic N) is 2. The van der Waals surface area contributed by atoms with Gasteiger partial charge in [0.05, 0.1) is 16.4 Å². The monoisotopic (exact) mass is 552 g/mol. The van der Waals surface area contributed by atoms with E-state index in [4.69, 9.17) is 32.0 Å². The molecule has 0 saturated carbocycles. The Morgan fingerprint density at radius 3 is 2.64 bits per heavy atom. The number of pyridine rings is 1. The van der Waals surface area contributed by atoms with Crippen molar-refractivity contribution in [1.82, 2.24) is 9.88 Å². The third-order valence-electron chi connectivity index (χ3n) is 6.93. The standard InChI is InChI=1S/C30H39ClN4O.CH2O2/c1-7-33-25-13-12-24(27(31)28(25)32)26(19(2)3)21-11-10-20(4)23(15-21)17-35-16-22-9-8-14-34-29(22)36-30(5,6)18-35;2-1-3/h8-15,19,26,33H,7,16-18,32H2,1-6H3;1H,(H,2,3). The van der Waals surface area contributed by atoms with Crippen LogP contribution in [0.1, 0.15) is 68.4 Å². The number of halogens is 1. The summed E-state index contributed by atoms with van der Waals surface area (Å²) < 4.78 is 6.26. The van der Waals surface area contributed by atoms with E-state index in [1.54, 1.807) is 6.20 Å². The molecule has 210 valence electrons. The zero-order valence-corrected chi connectivity index (χ0v) is 24.5. The van der Waals surface area contributed by atoms with Crippen molar-refractivity contribution in [2.75, 3.05) is 24.1 Å². The third-order valence-corrected chi connectivity index (χ3v) is 7.35. The first kappa shape index (κ1) is 30.3. The van der Waals surface area contributed by atoms with Crippen molar-refractivity contribution in [3.8, 4) is 5.88 Å². The molecule has 1 aliphatic heterocycles. The summed E-state index contributed by atoms with van der Waals surface area (Å²) in [7, 11) is 0. The second kappa shape index (κ2) is 13.2. The molecular weight excluding hydrogens is 512 g/mol. The summed E-state index contributed by atoms with van der Waals surface area (Å²) in [6, 6.07) is 15.1. The summed E-state index contributed by atoms with van der Waals surface area (Å²) in [4.78, 5) is 15.3. The smallest absolute Gasteiger partial charge is 0.290 e. The SMILES string of the molecule is CCNc1ccc(C(c2ccc(C)c(CN3Cc4cccnc4OC(C)(C)C3)c2)C(C)C)c(Cl)c1N.O=CO. The number of anilines is 2. The Labute approximate surface area is 237 Å². The Morgan fingerprint density at radius 2 is 1.97 bits per heavy atom. The lowest BCUT2D eigenvalue weighted by molar-refractivity contribution is -0.122. The summed E-state index contributed by atoms with van der Waals surface area (Å²) in [5, 5.41) is 10.8. The molecule has 4 rings (SSSR count). The largest absolute Gasteiger partial charge is 0.483 e. The quantitative estimate of drug-likeness (QED) is 0.221. The van der Waals surface area contributed by atoms with E-state index in [2.05, 4.69) is 93.1 Å². The average Bonchev–Trinajstić information content (AvgIpc) is 2.99. The molecule has 0 bridgehead atoms. The minimum absolute atomic E-state index is 0.142. The van der Waals surface area contributed by atoms with E-state index in [9.17, 15) is 0 Å². The highest BCUT2D eigenvalue weighted by atomic mass is 35.5. The topological polar surface area (TPSA) is 101 Å². The van der Waals surface area contributed by atoms with Crippen molar-refractivity contribution in [3.63, 3.8) is 0 Å². The summed E-state index contributed by atoms with van der Waals surface area (Å²) >= 11 is 6.85. The number of carbonyl (C=O) groups is 1. The van der Waals surface area contributed by atoms with E-state index < -0.39 is 0 Å². The molecule has 2 aromatic carbocycles. The lowest BCUT2D eigenvalue weighted by Gasteiger charge is -2.30. The maximum absolute atomic E-state index is 8.36. The van der Waals surface area contributed by atoms with Gasteiger partial charge in [-0.1, -0.05) is 55.8 Å². The van der Waals surface area contributed by atoms with Crippen molar-refractivity contribution >= 4 is 29.4 Å². The number of carboxylic acid groups (broad SMARTS) is 1. The molecule has 1 unspecified atom stereocenters. The van der Waals surface area contributed by atoms with Crippen molar-refractivity contribution < 1.29 is 14.6 Å². The van der Waals surface area contributed by atoms with E-state index >= 15 is 0 Å². The molecule has 0 radical (unpaired) electrons. The Kier molecular flexibility index (Phi) is 10.2. The average molecular weight is 553 g/mol. The van der Waals surface area contributed by atoms with Crippen molar-refractivity contribution in [2.45, 2.75) is 66.2 Å². The van der Waals surface area contributed by atoms with Gasteiger partial charge in [0, 0.05) is 43.9 Å². The van der Waals surface area contributed by atoms with E-state index in [0.717, 1.165) is 48.9 Å². The molecule has 0 fully saturated rings. The number of hydrogen-bond acceptors (Lipinski definition) is 6. The van der Waals surface area contributed by atoms with E-state index in [1.807, 2.05) is 6.07 Å². The van der Waals surface area contributed by atoms with E-state index in [0.29, 0.717) is 16.6 Å². The van der Waals surface area contributed by atoms with Crippen molar-refractivity contribution in [1.29, 1.82) is 0 Å². The van der Waals surface area contributed by atoms with E-state index in [-0.39, 0.29) is 18.0 Å². The molecule has 3 aromatic rings. The number of hydrogen-bond donors (Lipinski definition) is 3. The van der Waals surface area contributed by atoms with Gasteiger partial charge >= 0.3 is 0 Å². The first-order valence-corrected chi connectivity index (χ1v) is 13.7. The lowest BCUT2D eigenvalue weighted by Crippen LogP contribution is -2.40. The molecule has 4 N–H and O–H groups in total. The van der Waals surface area contributed by atoms with Gasteiger partial charge in [0.15, 0.2) is 0 Å². The number of benzene rings is 2. The van der Waals surface area contributed by atoms with Crippen LogP contribution >= 0.6 is 11.6 Å². The number of nitrogen functional groups attached to an aromatic ring is 1. The van der Waals surface area contributed by atoms with Gasteiger partial charge in [0.25, 0.3) is 6.47 Å². The minimum Gasteiger partial charge on any atom is -0.483 e. The van der Waals surface area contributed by atoms with Crippen LogP contribution in [0, 0.1) is 12.8 Å². The fraction of sp³-hybridized carbons (Fsp3) is 0.419. The van der Waals surface area contributed by atoms with Gasteiger partial charge in [-0.15, -0.1) is 0 Å². The Hall–Kier alpha value is -3.29. The second-order valence-electron chi connectivity index (χ2n) is 10.9. The summed E-state index contributed by atoms with van der Waals surface area (Å²) in [6.45, 7) is 16.0. The van der Waals surface area contributed by atoms with Crippen LogP contribution < -0.4 is 15.8 Å². The Bertz CT molecular complexity index is 1280. The van der Waals surface area contributed by atoms with E-state index in [1.165, 1.54) is 16.7 Å². The van der Waals surface area contributed by atoms with Gasteiger partial charge in [-0.3, -0.25) is 9.69 Å². The van der Waals surface area contributed by atoms with Crippen LogP contribution in [0.25, 0.3) is 0 Å². The zero-order valence-electron chi connectivity index (χ0n) is 23.8. The maximum Gasteiger partial charge on any atom is 0.290 e. The highest BCUT2D eigenvalue weighted by Crippen LogP contribution is 2.41. The number of nitrogens with one attached hydrogen (secondary N) is 1. The van der Waals surface area contributed by atoms with Gasteiger partial charge in [0.2, 0.25) is 5.88 Å². The summed E-state index contributed by atoms with van der Waals surface area (Å²) in [5.41, 5.74) is 13.7. The van der Waals surface area contributed by atoms with Gasteiger partial charge < -0.3 is 20.9 Å². The summed E-state index contributed by atoms with van der Waals surface area (Å²) in [6.07, 6.45) is 1.80. The lowest BCUT2D eigenvalue weighted by atomic mass is 9.81. The van der Waals surface area contributed by atoms with Gasteiger partial charge in [0.1, 0.15) is 5.60 Å². The highest BCUT2D eigenvalue weighted by molar-refractivity contribution is 6.34. The van der Waals surface area contributed by atoms with Gasteiger partial charge in [-0.2, -0.15) is 0 Å². The maximum atomic E-state index is 8.36. The molecule has 1 aromatic heterocycles. The molecule has 0 aliphatic carbocycles. The molecule has 7 nitrogen and oxygen atoms in total. The number of nitrogens with two attached hydrogens (primary N) is 1. The molecule has 1 aliphatic rings. The fourth-order valence-corrected chi connectivity index (χ4v) is 5.57. The van der Waals surface area contributed by atoms with Crippen LogP contribution in [0.15, 0.2) is 48.7 Å². The van der Waals surface area contributed by atoms with Crippen LogP contribution in [0.3, 0.4) is 0 Å². The van der Waals surface area contributed by atoms with Crippen LogP contribution in [-0.4, -0.2) is 40.2 Å². The molecule has 1 atom stereocenters. The van der Waals surface area contributed by atoms with Crippen LogP contribution in [0.2, 0.25) is 5.02 Å². The molecule has 39 heavy (non-hydrogen) atoms. The Morgan fingerprint density at radius 1 is 1.26 bits per heavy atom. The number of ether oxygens (including phenoxy) is 1. The van der Waals surface area contributed by atoms with Gasteiger partial charge in [-0.05, 0) is 68.0 Å².